The van der Waals surface area contributed by atoms with Gasteiger partial charge in [-0.25, -0.2) is 13.2 Å². The third-order valence-electron chi connectivity index (χ3n) is 4.88. The summed E-state index contributed by atoms with van der Waals surface area (Å²) in [4.78, 5) is 0. The second kappa shape index (κ2) is 9.57. The molecule has 1 aromatic rings. The van der Waals surface area contributed by atoms with Crippen molar-refractivity contribution in [3.8, 4) is 5.75 Å². The van der Waals surface area contributed by atoms with Crippen LogP contribution in [0.25, 0.3) is 0 Å². The van der Waals surface area contributed by atoms with Crippen LogP contribution in [-0.2, 0) is 0 Å². The topological polar surface area (TPSA) is 35.2 Å². The molecule has 0 aromatic heterocycles. The second-order valence-corrected chi connectivity index (χ2v) is 7.61. The predicted octanol–water partition coefficient (Wildman–Crippen LogP) is 8.30. The zero-order valence-electron chi connectivity index (χ0n) is 18.1. The Morgan fingerprint density at radius 2 is 0.714 bits per heavy atom. The SMILES string of the molecule is Nc1c(F)c(F)cc(OC(F)(F)C(F)(F)C(F)(F)C(F)(F)C(F)(F)C(F)(F)C(F)(F)C(F)(F)C(F)(F)C(F)(F)F)c1F. The lowest BCUT2D eigenvalue weighted by atomic mass is 9.87. The molecule has 26 heteroatoms. The third-order valence-corrected chi connectivity index (χ3v) is 4.88. The van der Waals surface area contributed by atoms with Gasteiger partial charge in [0.1, 0.15) is 5.69 Å². The minimum absolute atomic E-state index is 1.10. The zero-order chi connectivity index (χ0) is 34.3. The number of hydrogen-bond donors (Lipinski definition) is 1. The molecule has 0 radical (unpaired) electrons. The van der Waals surface area contributed by atoms with Crippen LogP contribution < -0.4 is 10.5 Å². The first-order valence-electron chi connectivity index (χ1n) is 9.06. The summed E-state index contributed by atoms with van der Waals surface area (Å²) in [5, 5.41) is 0. The first-order chi connectivity index (χ1) is 18.0. The number of nitrogen functional groups attached to an aromatic ring is 1. The summed E-state index contributed by atoms with van der Waals surface area (Å²) in [6, 6.07) is -1.10. The van der Waals surface area contributed by atoms with Gasteiger partial charge in [-0.3, -0.25) is 0 Å². The largest absolute Gasteiger partial charge is 0.471 e. The number of nitrogens with two attached hydrogens (primary N) is 1. The lowest BCUT2D eigenvalue weighted by Crippen LogP contribution is -2.77. The molecule has 0 unspecified atom stereocenters. The van der Waals surface area contributed by atoms with E-state index in [2.05, 4.69) is 10.5 Å². The average molecular weight is 681 g/mol. The maximum atomic E-state index is 13.8. The average Bonchev–Trinajstić information content (AvgIpc) is 2.79. The molecule has 0 heterocycles. The van der Waals surface area contributed by atoms with Crippen LogP contribution in [0.4, 0.5) is 111 Å². The highest BCUT2D eigenvalue weighted by molar-refractivity contribution is 5.48. The van der Waals surface area contributed by atoms with Crippen molar-refractivity contribution in [1.82, 2.24) is 0 Å². The van der Waals surface area contributed by atoms with Gasteiger partial charge in [0, 0.05) is 6.07 Å². The lowest BCUT2D eigenvalue weighted by molar-refractivity contribution is -0.480. The van der Waals surface area contributed by atoms with Crippen LogP contribution in [0, 0.1) is 17.5 Å². The molecular formula is C16H3F24NO. The maximum Gasteiger partial charge on any atom is 0.471 e. The third kappa shape index (κ3) is 4.56. The van der Waals surface area contributed by atoms with Crippen molar-refractivity contribution in [3.05, 3.63) is 23.5 Å². The fourth-order valence-electron chi connectivity index (χ4n) is 2.42. The van der Waals surface area contributed by atoms with Crippen molar-refractivity contribution in [2.24, 2.45) is 0 Å². The van der Waals surface area contributed by atoms with Crippen LogP contribution >= 0.6 is 0 Å². The molecular weight excluding hydrogens is 678 g/mol. The van der Waals surface area contributed by atoms with Crippen LogP contribution in [-0.4, -0.2) is 59.7 Å². The van der Waals surface area contributed by atoms with Crippen LogP contribution in [0.3, 0.4) is 0 Å². The number of halogens is 24. The zero-order valence-corrected chi connectivity index (χ0v) is 18.1. The Bertz CT molecular complexity index is 1180. The maximum absolute atomic E-state index is 13.8. The highest BCUT2D eigenvalue weighted by Crippen LogP contribution is 2.66. The molecule has 2 N–H and O–H groups in total. The van der Waals surface area contributed by atoms with Gasteiger partial charge in [0.15, 0.2) is 23.2 Å². The van der Waals surface area contributed by atoms with Crippen LogP contribution in [0.5, 0.6) is 5.75 Å². The van der Waals surface area contributed by atoms with Gasteiger partial charge in [-0.1, -0.05) is 0 Å². The molecule has 0 amide bonds. The highest BCUT2D eigenvalue weighted by Gasteiger charge is 2.98. The fraction of sp³-hybridized carbons (Fsp3) is 0.625. The van der Waals surface area contributed by atoms with E-state index in [0.717, 1.165) is 0 Å². The van der Waals surface area contributed by atoms with Crippen molar-refractivity contribution in [2.45, 2.75) is 59.7 Å². The van der Waals surface area contributed by atoms with Gasteiger partial charge >= 0.3 is 59.7 Å². The predicted molar refractivity (Wildman–Crippen MR) is 81.9 cm³/mol. The number of alkyl halides is 21. The molecule has 0 bridgehead atoms. The molecule has 0 saturated carbocycles. The lowest BCUT2D eigenvalue weighted by Gasteiger charge is -2.44. The Balaban J connectivity index is 3.80. The van der Waals surface area contributed by atoms with Crippen LogP contribution in [0.15, 0.2) is 6.07 Å². The van der Waals surface area contributed by atoms with E-state index in [4.69, 9.17) is 0 Å². The van der Waals surface area contributed by atoms with Crippen molar-refractivity contribution in [2.75, 3.05) is 5.73 Å². The normalized spacial score (nSPS) is 15.7. The number of ether oxygens (including phenoxy) is 1. The molecule has 42 heavy (non-hydrogen) atoms. The van der Waals surface area contributed by atoms with Gasteiger partial charge in [-0.2, -0.15) is 92.2 Å². The second-order valence-electron chi connectivity index (χ2n) is 7.61. The molecule has 0 aliphatic rings. The Kier molecular flexibility index (Phi) is 8.47. The molecule has 246 valence electrons. The molecule has 2 nitrogen and oxygen atoms in total. The van der Waals surface area contributed by atoms with E-state index in [9.17, 15) is 105 Å². The van der Waals surface area contributed by atoms with E-state index in [1.54, 1.807) is 0 Å². The van der Waals surface area contributed by atoms with Gasteiger partial charge in [-0.05, 0) is 0 Å². The molecule has 0 saturated heterocycles. The Morgan fingerprint density at radius 1 is 0.429 bits per heavy atom. The minimum Gasteiger partial charge on any atom is -0.425 e. The van der Waals surface area contributed by atoms with Gasteiger partial charge in [0.25, 0.3) is 0 Å². The molecule has 0 fully saturated rings. The van der Waals surface area contributed by atoms with Crippen molar-refractivity contribution in [1.29, 1.82) is 0 Å². The van der Waals surface area contributed by atoms with E-state index in [1.807, 2.05) is 0 Å². The summed E-state index contributed by atoms with van der Waals surface area (Å²) < 4.78 is 321. The number of hydrogen-bond acceptors (Lipinski definition) is 2. The fourth-order valence-corrected chi connectivity index (χ4v) is 2.42. The number of anilines is 1. The number of rotatable bonds is 10. The van der Waals surface area contributed by atoms with Gasteiger partial charge in [0.05, 0.1) is 0 Å². The van der Waals surface area contributed by atoms with E-state index in [1.165, 1.54) is 0 Å². The first kappa shape index (κ1) is 37.2. The Hall–Kier alpha value is -2.86. The summed E-state index contributed by atoms with van der Waals surface area (Å²) in [7, 11) is 0. The van der Waals surface area contributed by atoms with Gasteiger partial charge in [-0.15, -0.1) is 0 Å². The molecule has 1 rings (SSSR count). The first-order valence-corrected chi connectivity index (χ1v) is 9.06. The molecule has 1 aromatic carbocycles. The Labute approximate surface area is 212 Å². The molecule has 0 atom stereocenters. The van der Waals surface area contributed by atoms with Crippen LogP contribution in [0.1, 0.15) is 0 Å². The smallest absolute Gasteiger partial charge is 0.425 e. The van der Waals surface area contributed by atoms with Gasteiger partial charge < -0.3 is 10.5 Å². The Morgan fingerprint density at radius 3 is 1.02 bits per heavy atom. The van der Waals surface area contributed by atoms with Crippen molar-refractivity contribution >= 4 is 5.69 Å². The highest BCUT2D eigenvalue weighted by atomic mass is 19.4. The molecule has 0 aliphatic carbocycles. The van der Waals surface area contributed by atoms with E-state index < -0.39 is 94.6 Å². The summed E-state index contributed by atoms with van der Waals surface area (Å²) in [6.45, 7) is 0. The van der Waals surface area contributed by atoms with Crippen molar-refractivity contribution in [3.63, 3.8) is 0 Å². The summed E-state index contributed by atoms with van der Waals surface area (Å²) in [5.41, 5.74) is 2.10. The summed E-state index contributed by atoms with van der Waals surface area (Å²) >= 11 is 0. The summed E-state index contributed by atoms with van der Waals surface area (Å²) in [6.07, 6.45) is -15.8. The molecule has 0 spiro atoms. The van der Waals surface area contributed by atoms with Gasteiger partial charge in [0.2, 0.25) is 0 Å². The minimum atomic E-state index is -9.39. The quantitative estimate of drug-likeness (QED) is 0.153. The standard InChI is InChI=1S/C16H3F24NO/c17-2-1-3(5(19)6(41)4(2)18)42-16(39,40)14(34,35)12(30,31)10(26,27)8(22,23)7(20,21)9(24,25)11(28,29)13(32,33)15(36,37)38/h1H,41H2. The summed E-state index contributed by atoms with van der Waals surface area (Å²) in [5.74, 6) is -83.6. The number of benzene rings is 1. The van der Waals surface area contributed by atoms with E-state index >= 15 is 0 Å². The van der Waals surface area contributed by atoms with E-state index in [-0.39, 0.29) is 0 Å². The van der Waals surface area contributed by atoms with E-state index in [0.29, 0.717) is 0 Å². The van der Waals surface area contributed by atoms with Crippen molar-refractivity contribution < 1.29 is 110 Å². The molecule has 0 aliphatic heterocycles. The van der Waals surface area contributed by atoms with Crippen LogP contribution in [0.2, 0.25) is 0 Å². The monoisotopic (exact) mass is 681 g/mol.